The van der Waals surface area contributed by atoms with Gasteiger partial charge in [0.25, 0.3) is 0 Å². The lowest BCUT2D eigenvalue weighted by atomic mass is 9.67. The molecule has 29 heavy (non-hydrogen) atoms. The molecule has 4 nitrogen and oxygen atoms in total. The Labute approximate surface area is 177 Å². The summed E-state index contributed by atoms with van der Waals surface area (Å²) in [4.78, 5) is 25.8. The van der Waals surface area contributed by atoms with Crippen molar-refractivity contribution in [2.24, 2.45) is 5.41 Å². The summed E-state index contributed by atoms with van der Waals surface area (Å²) in [5, 5.41) is 9.62. The highest BCUT2D eigenvalue weighted by atomic mass is 32.2. The van der Waals surface area contributed by atoms with Crippen LogP contribution in [0.4, 0.5) is 0 Å². The number of ether oxygens (including phenoxy) is 1. The van der Waals surface area contributed by atoms with Crippen LogP contribution < -0.4 is 0 Å². The van der Waals surface area contributed by atoms with Gasteiger partial charge in [0, 0.05) is 23.0 Å². The number of benzene rings is 1. The van der Waals surface area contributed by atoms with Crippen LogP contribution in [-0.4, -0.2) is 36.3 Å². The summed E-state index contributed by atoms with van der Waals surface area (Å²) >= 11 is 1.68. The summed E-state index contributed by atoms with van der Waals surface area (Å²) < 4.78 is 5.70. The average molecular weight is 415 g/mol. The van der Waals surface area contributed by atoms with Gasteiger partial charge in [-0.3, -0.25) is 4.79 Å². The summed E-state index contributed by atoms with van der Waals surface area (Å²) in [5.41, 5.74) is 4.79. The standard InChI is InChI=1S/C24H30O4S/c1-13-11-18(12-14(2)21(13)29-8)19(25)9-10-24(6)17(5)15(3)20(23(26)27)16(4)22(24)28-7/h9-12,22H,1-8H3,(H,26,27). The fourth-order valence-corrected chi connectivity index (χ4v) is 5.15. The second-order valence-corrected chi connectivity index (χ2v) is 8.67. The molecule has 0 saturated carbocycles. The number of carboxylic acids is 1. The molecule has 2 unspecified atom stereocenters. The van der Waals surface area contributed by atoms with Crippen LogP contribution in [0.1, 0.15) is 49.2 Å². The number of aliphatic carboxylic acids is 1. The molecule has 0 radical (unpaired) electrons. The maximum atomic E-state index is 12.9. The van der Waals surface area contributed by atoms with Crippen molar-refractivity contribution in [2.45, 2.75) is 52.5 Å². The molecule has 1 aliphatic rings. The Morgan fingerprint density at radius 1 is 1.14 bits per heavy atom. The van der Waals surface area contributed by atoms with Crippen molar-refractivity contribution in [3.8, 4) is 0 Å². The van der Waals surface area contributed by atoms with Crippen LogP contribution in [0, 0.1) is 19.3 Å². The molecule has 1 aliphatic carbocycles. The monoisotopic (exact) mass is 414 g/mol. The third-order valence-electron chi connectivity index (χ3n) is 6.06. The van der Waals surface area contributed by atoms with Gasteiger partial charge in [0.15, 0.2) is 5.78 Å². The van der Waals surface area contributed by atoms with Crippen LogP contribution in [0.5, 0.6) is 0 Å². The summed E-state index contributed by atoms with van der Waals surface area (Å²) in [7, 11) is 1.57. The first kappa shape index (κ1) is 23.2. The van der Waals surface area contributed by atoms with Crippen LogP contribution >= 0.6 is 11.8 Å². The molecule has 0 amide bonds. The maximum absolute atomic E-state index is 12.9. The molecule has 0 fully saturated rings. The molecular weight excluding hydrogens is 384 g/mol. The fourth-order valence-electron chi connectivity index (χ4n) is 4.39. The van der Waals surface area contributed by atoms with Crippen molar-refractivity contribution in [3.63, 3.8) is 0 Å². The maximum Gasteiger partial charge on any atom is 0.335 e. The van der Waals surface area contributed by atoms with Crippen molar-refractivity contribution in [1.29, 1.82) is 0 Å². The predicted octanol–water partition coefficient (Wildman–Crippen LogP) is 5.54. The van der Waals surface area contributed by atoms with Crippen molar-refractivity contribution in [1.82, 2.24) is 0 Å². The highest BCUT2D eigenvalue weighted by Gasteiger charge is 2.42. The van der Waals surface area contributed by atoms with Gasteiger partial charge in [0.2, 0.25) is 0 Å². The van der Waals surface area contributed by atoms with E-state index in [9.17, 15) is 14.7 Å². The first-order valence-corrected chi connectivity index (χ1v) is 10.8. The molecular formula is C24H30O4S. The third-order valence-corrected chi connectivity index (χ3v) is 7.11. The molecule has 0 bridgehead atoms. The van der Waals surface area contributed by atoms with Gasteiger partial charge < -0.3 is 9.84 Å². The van der Waals surface area contributed by atoms with E-state index in [-0.39, 0.29) is 5.78 Å². The SMILES string of the molecule is COC1C(C)=C(C(=O)O)C(C)=C(C)C1(C)C=CC(=O)c1cc(C)c(SC)c(C)c1. The van der Waals surface area contributed by atoms with Gasteiger partial charge in [-0.1, -0.05) is 11.6 Å². The second kappa shape index (κ2) is 8.72. The molecule has 5 heteroatoms. The second-order valence-electron chi connectivity index (χ2n) is 7.85. The number of rotatable bonds is 6. The van der Waals surface area contributed by atoms with E-state index in [1.165, 1.54) is 4.90 Å². The smallest absolute Gasteiger partial charge is 0.335 e. The normalized spacial score (nSPS) is 22.6. The highest BCUT2D eigenvalue weighted by molar-refractivity contribution is 7.98. The molecule has 2 atom stereocenters. The number of carbonyl (C=O) groups is 2. The van der Waals surface area contributed by atoms with E-state index in [0.29, 0.717) is 16.7 Å². The number of hydrogen-bond acceptors (Lipinski definition) is 4. The van der Waals surface area contributed by atoms with Crippen LogP contribution in [0.25, 0.3) is 0 Å². The minimum atomic E-state index is -0.955. The molecule has 0 heterocycles. The van der Waals surface area contributed by atoms with E-state index >= 15 is 0 Å². The zero-order valence-corrected chi connectivity index (χ0v) is 19.3. The average Bonchev–Trinajstić information content (AvgIpc) is 2.64. The van der Waals surface area contributed by atoms with E-state index in [1.54, 1.807) is 31.9 Å². The van der Waals surface area contributed by atoms with Gasteiger partial charge in [-0.25, -0.2) is 4.79 Å². The van der Waals surface area contributed by atoms with E-state index in [1.807, 2.05) is 59.1 Å². The number of carbonyl (C=O) groups excluding carboxylic acids is 1. The Morgan fingerprint density at radius 3 is 2.14 bits per heavy atom. The number of thioether (sulfide) groups is 1. The van der Waals surface area contributed by atoms with Gasteiger partial charge >= 0.3 is 5.97 Å². The van der Waals surface area contributed by atoms with Crippen molar-refractivity contribution >= 4 is 23.5 Å². The van der Waals surface area contributed by atoms with Gasteiger partial charge in [0.05, 0.1) is 11.7 Å². The summed E-state index contributed by atoms with van der Waals surface area (Å²) in [5.74, 6) is -1.03. The van der Waals surface area contributed by atoms with Crippen LogP contribution in [0.3, 0.4) is 0 Å². The zero-order valence-electron chi connectivity index (χ0n) is 18.5. The topological polar surface area (TPSA) is 63.6 Å². The first-order chi connectivity index (χ1) is 13.5. The summed E-state index contributed by atoms with van der Waals surface area (Å²) in [6, 6.07) is 3.84. The number of allylic oxidation sites excluding steroid dienone is 1. The predicted molar refractivity (Wildman–Crippen MR) is 119 cm³/mol. The molecule has 1 N–H and O–H groups in total. The Balaban J connectivity index is 2.48. The minimum Gasteiger partial charge on any atom is -0.478 e. The highest BCUT2D eigenvalue weighted by Crippen LogP contribution is 2.45. The summed E-state index contributed by atoms with van der Waals surface area (Å²) in [6.07, 6.45) is 5.03. The van der Waals surface area contributed by atoms with Gasteiger partial charge in [0.1, 0.15) is 0 Å². The molecule has 0 aromatic heterocycles. The Bertz CT molecular complexity index is 929. The van der Waals surface area contributed by atoms with Crippen molar-refractivity contribution < 1.29 is 19.4 Å². The van der Waals surface area contributed by atoms with Crippen molar-refractivity contribution in [2.75, 3.05) is 13.4 Å². The lowest BCUT2D eigenvalue weighted by Gasteiger charge is -2.41. The van der Waals surface area contributed by atoms with Gasteiger partial charge in [-0.15, -0.1) is 11.8 Å². The van der Waals surface area contributed by atoms with Gasteiger partial charge in [-0.05, 0) is 88.3 Å². The molecule has 1 aromatic rings. The first-order valence-electron chi connectivity index (χ1n) is 9.53. The zero-order chi connectivity index (χ0) is 22.1. The molecule has 1 aromatic carbocycles. The number of aryl methyl sites for hydroxylation is 2. The number of ketones is 1. The largest absolute Gasteiger partial charge is 0.478 e. The number of carboxylic acid groups (broad SMARTS) is 1. The molecule has 0 aliphatic heterocycles. The molecule has 0 spiro atoms. The van der Waals surface area contributed by atoms with E-state index in [4.69, 9.17) is 4.74 Å². The lowest BCUT2D eigenvalue weighted by molar-refractivity contribution is -0.132. The minimum absolute atomic E-state index is 0.0731. The Kier molecular flexibility index (Phi) is 6.97. The van der Waals surface area contributed by atoms with Crippen LogP contribution in [0.15, 0.2) is 51.5 Å². The van der Waals surface area contributed by atoms with E-state index in [0.717, 1.165) is 22.3 Å². The van der Waals surface area contributed by atoms with Gasteiger partial charge in [-0.2, -0.15) is 0 Å². The van der Waals surface area contributed by atoms with E-state index < -0.39 is 17.5 Å². The van der Waals surface area contributed by atoms with Crippen LogP contribution in [-0.2, 0) is 9.53 Å². The molecule has 0 saturated heterocycles. The molecule has 156 valence electrons. The van der Waals surface area contributed by atoms with Crippen molar-refractivity contribution in [3.05, 3.63) is 63.3 Å². The fraction of sp³-hybridized carbons (Fsp3) is 0.417. The summed E-state index contributed by atoms with van der Waals surface area (Å²) in [6.45, 7) is 11.5. The lowest BCUT2D eigenvalue weighted by Crippen LogP contribution is -2.39. The Morgan fingerprint density at radius 2 is 1.69 bits per heavy atom. The molecule has 2 rings (SSSR count). The quantitative estimate of drug-likeness (QED) is 0.376. The Hall–Kier alpha value is -2.11. The number of hydrogen-bond donors (Lipinski definition) is 1. The van der Waals surface area contributed by atoms with E-state index in [2.05, 4.69) is 0 Å². The number of methoxy groups -OCH3 is 1. The third kappa shape index (κ3) is 4.12. The van der Waals surface area contributed by atoms with Crippen LogP contribution in [0.2, 0.25) is 0 Å².